The van der Waals surface area contributed by atoms with Crippen LogP contribution in [-0.2, 0) is 0 Å². The average Bonchev–Trinajstić information content (AvgIpc) is 2.33. The minimum atomic E-state index is -4.42. The Labute approximate surface area is 129 Å². The van der Waals surface area contributed by atoms with Crippen LogP contribution in [0.5, 0.6) is 5.75 Å². The molecule has 0 saturated carbocycles. The predicted molar refractivity (Wildman–Crippen MR) is 76.3 cm³/mol. The Hall–Kier alpha value is -0.500. The molecule has 20 heavy (non-hydrogen) atoms. The van der Waals surface area contributed by atoms with Gasteiger partial charge in [-0.3, -0.25) is 4.90 Å². The maximum absolute atomic E-state index is 13.3. The van der Waals surface area contributed by atoms with Crippen molar-refractivity contribution >= 4 is 28.3 Å². The summed E-state index contributed by atoms with van der Waals surface area (Å²) in [5.41, 5.74) is -0.108. The molecule has 1 aliphatic heterocycles. The van der Waals surface area contributed by atoms with Crippen LogP contribution in [0.1, 0.15) is 11.6 Å². The van der Waals surface area contributed by atoms with Gasteiger partial charge in [0.15, 0.2) is 0 Å². The monoisotopic (exact) mass is 374 g/mol. The maximum atomic E-state index is 13.3. The maximum Gasteiger partial charge on any atom is 0.408 e. The molecule has 1 heterocycles. The van der Waals surface area contributed by atoms with Gasteiger partial charge in [-0.15, -0.1) is 12.4 Å². The molecule has 1 fully saturated rings. The molecule has 0 aromatic heterocycles. The standard InChI is InChI=1S/C12H14BrF3N2O.ClH/c13-8-1-2-10(19)9(7-8)11(12(14,15)16)18-5-3-17-4-6-18;/h1-2,7,11,17,19H,3-6H2;1H/t11-;/m0./s1. The van der Waals surface area contributed by atoms with Crippen LogP contribution in [-0.4, -0.2) is 42.4 Å². The van der Waals surface area contributed by atoms with Crippen LogP contribution in [0.2, 0.25) is 0 Å². The zero-order valence-corrected chi connectivity index (χ0v) is 12.9. The van der Waals surface area contributed by atoms with Gasteiger partial charge in [0, 0.05) is 36.2 Å². The van der Waals surface area contributed by atoms with Crippen LogP contribution in [0, 0.1) is 0 Å². The molecule has 8 heteroatoms. The summed E-state index contributed by atoms with van der Waals surface area (Å²) < 4.78 is 40.5. The number of piperazine rings is 1. The van der Waals surface area contributed by atoms with E-state index >= 15 is 0 Å². The third-order valence-electron chi connectivity index (χ3n) is 3.11. The van der Waals surface area contributed by atoms with Gasteiger partial charge in [-0.2, -0.15) is 13.2 Å². The van der Waals surface area contributed by atoms with Crippen molar-refractivity contribution in [3.8, 4) is 5.75 Å². The van der Waals surface area contributed by atoms with Gasteiger partial charge in [0.2, 0.25) is 0 Å². The molecule has 0 unspecified atom stereocenters. The molecule has 0 spiro atoms. The van der Waals surface area contributed by atoms with Crippen LogP contribution < -0.4 is 5.32 Å². The van der Waals surface area contributed by atoms with E-state index in [2.05, 4.69) is 21.2 Å². The van der Waals surface area contributed by atoms with Crippen molar-refractivity contribution in [3.05, 3.63) is 28.2 Å². The van der Waals surface area contributed by atoms with Crippen molar-refractivity contribution in [1.29, 1.82) is 0 Å². The molecule has 3 nitrogen and oxygen atoms in total. The van der Waals surface area contributed by atoms with Gasteiger partial charge in [0.05, 0.1) is 0 Å². The highest BCUT2D eigenvalue weighted by atomic mass is 79.9. The van der Waals surface area contributed by atoms with Crippen LogP contribution in [0.25, 0.3) is 0 Å². The number of nitrogens with one attached hydrogen (secondary N) is 1. The van der Waals surface area contributed by atoms with Crippen molar-refractivity contribution in [2.75, 3.05) is 26.2 Å². The number of benzene rings is 1. The lowest BCUT2D eigenvalue weighted by atomic mass is 10.0. The first-order valence-corrected chi connectivity index (χ1v) is 6.69. The Kier molecular flexibility index (Phi) is 6.12. The van der Waals surface area contributed by atoms with E-state index in [1.807, 2.05) is 0 Å². The molecule has 1 aromatic carbocycles. The van der Waals surface area contributed by atoms with Crippen LogP contribution in [0.3, 0.4) is 0 Å². The van der Waals surface area contributed by atoms with Gasteiger partial charge in [-0.1, -0.05) is 15.9 Å². The van der Waals surface area contributed by atoms with Gasteiger partial charge in [0.25, 0.3) is 0 Å². The van der Waals surface area contributed by atoms with E-state index in [0.29, 0.717) is 30.7 Å². The number of aromatic hydroxyl groups is 1. The molecule has 1 aliphatic rings. The first kappa shape index (κ1) is 17.6. The van der Waals surface area contributed by atoms with E-state index in [0.717, 1.165) is 0 Å². The lowest BCUT2D eigenvalue weighted by Crippen LogP contribution is -2.49. The summed E-state index contributed by atoms with van der Waals surface area (Å²) in [5.74, 6) is -0.330. The fraction of sp³-hybridized carbons (Fsp3) is 0.500. The predicted octanol–water partition coefficient (Wildman–Crippen LogP) is 3.09. The van der Waals surface area contributed by atoms with Gasteiger partial charge in [-0.05, 0) is 18.2 Å². The molecular weight excluding hydrogens is 360 g/mol. The molecule has 0 aliphatic carbocycles. The van der Waals surface area contributed by atoms with Crippen molar-refractivity contribution < 1.29 is 18.3 Å². The largest absolute Gasteiger partial charge is 0.508 e. The van der Waals surface area contributed by atoms with Gasteiger partial charge >= 0.3 is 6.18 Å². The number of phenolic OH excluding ortho intramolecular Hbond substituents is 1. The first-order chi connectivity index (χ1) is 8.89. The molecule has 2 rings (SSSR count). The summed E-state index contributed by atoms with van der Waals surface area (Å²) in [5, 5.41) is 12.8. The number of hydrogen-bond donors (Lipinski definition) is 2. The number of nitrogens with zero attached hydrogens (tertiary/aromatic N) is 1. The minimum Gasteiger partial charge on any atom is -0.508 e. The second-order valence-electron chi connectivity index (χ2n) is 4.43. The number of rotatable bonds is 2. The second-order valence-corrected chi connectivity index (χ2v) is 5.35. The van der Waals surface area contributed by atoms with E-state index in [1.54, 1.807) is 0 Å². The fourth-order valence-corrected chi connectivity index (χ4v) is 2.64. The Morgan fingerprint density at radius 1 is 1.25 bits per heavy atom. The highest BCUT2D eigenvalue weighted by Crippen LogP contribution is 2.42. The number of hydrogen-bond acceptors (Lipinski definition) is 3. The van der Waals surface area contributed by atoms with E-state index in [1.165, 1.54) is 23.1 Å². The van der Waals surface area contributed by atoms with E-state index in [-0.39, 0.29) is 23.7 Å². The van der Waals surface area contributed by atoms with Crippen molar-refractivity contribution in [3.63, 3.8) is 0 Å². The molecule has 1 aromatic rings. The fourth-order valence-electron chi connectivity index (χ4n) is 2.26. The van der Waals surface area contributed by atoms with Gasteiger partial charge in [0.1, 0.15) is 11.8 Å². The summed E-state index contributed by atoms with van der Waals surface area (Å²) in [7, 11) is 0. The lowest BCUT2D eigenvalue weighted by molar-refractivity contribution is -0.188. The smallest absolute Gasteiger partial charge is 0.408 e. The molecular formula is C12H15BrClF3N2O. The van der Waals surface area contributed by atoms with Crippen LogP contribution in [0.4, 0.5) is 13.2 Å². The normalized spacial score (nSPS) is 18.4. The van der Waals surface area contributed by atoms with Gasteiger partial charge in [-0.25, -0.2) is 0 Å². The Morgan fingerprint density at radius 2 is 1.85 bits per heavy atom. The molecule has 1 saturated heterocycles. The highest BCUT2D eigenvalue weighted by molar-refractivity contribution is 9.10. The molecule has 114 valence electrons. The van der Waals surface area contributed by atoms with Crippen molar-refractivity contribution in [2.45, 2.75) is 12.2 Å². The second kappa shape index (κ2) is 6.98. The zero-order valence-electron chi connectivity index (χ0n) is 10.5. The summed E-state index contributed by atoms with van der Waals surface area (Å²) in [6.07, 6.45) is -4.42. The Bertz CT molecular complexity index is 453. The van der Waals surface area contributed by atoms with E-state index in [9.17, 15) is 18.3 Å². The first-order valence-electron chi connectivity index (χ1n) is 5.89. The Balaban J connectivity index is 0.00000200. The average molecular weight is 376 g/mol. The van der Waals surface area contributed by atoms with Crippen LogP contribution in [0.15, 0.2) is 22.7 Å². The van der Waals surface area contributed by atoms with E-state index in [4.69, 9.17) is 0 Å². The summed E-state index contributed by atoms with van der Waals surface area (Å²) in [6.45, 7) is 1.63. The summed E-state index contributed by atoms with van der Waals surface area (Å²) in [4.78, 5) is 1.35. The SMILES string of the molecule is Cl.Oc1ccc(Br)cc1[C@H](N1CCNCC1)C(F)(F)F. The topological polar surface area (TPSA) is 35.5 Å². The van der Waals surface area contributed by atoms with Crippen molar-refractivity contribution in [1.82, 2.24) is 10.2 Å². The molecule has 0 radical (unpaired) electrons. The molecule has 0 bridgehead atoms. The third-order valence-corrected chi connectivity index (χ3v) is 3.60. The van der Waals surface area contributed by atoms with Crippen LogP contribution >= 0.6 is 28.3 Å². The number of phenols is 1. The molecule has 0 amide bonds. The van der Waals surface area contributed by atoms with E-state index < -0.39 is 12.2 Å². The highest BCUT2D eigenvalue weighted by Gasteiger charge is 2.46. The third kappa shape index (κ3) is 4.00. The van der Waals surface area contributed by atoms with Gasteiger partial charge < -0.3 is 10.4 Å². The zero-order chi connectivity index (χ0) is 14.0. The lowest BCUT2D eigenvalue weighted by Gasteiger charge is -2.36. The summed E-state index contributed by atoms with van der Waals surface area (Å²) in [6, 6.07) is 2.35. The number of halogens is 5. The molecule has 2 N–H and O–H groups in total. The molecule has 1 atom stereocenters. The Morgan fingerprint density at radius 3 is 2.40 bits per heavy atom. The quantitative estimate of drug-likeness (QED) is 0.834. The van der Waals surface area contributed by atoms with Crippen molar-refractivity contribution in [2.24, 2.45) is 0 Å². The summed E-state index contributed by atoms with van der Waals surface area (Å²) >= 11 is 3.15. The number of alkyl halides is 3. The minimum absolute atomic E-state index is 0.